The molecule has 0 saturated carbocycles. The van der Waals surface area contributed by atoms with Gasteiger partial charge in [0.25, 0.3) is 7.82 Å². The van der Waals surface area contributed by atoms with Crippen molar-refractivity contribution in [3.8, 4) is 0 Å². The largest absolute Gasteiger partial charge is 0.756 e. The van der Waals surface area contributed by atoms with Crippen LogP contribution in [0.4, 0.5) is 0 Å². The van der Waals surface area contributed by atoms with Gasteiger partial charge >= 0.3 is 11.9 Å². The Balaban J connectivity index is 3.90. The van der Waals surface area contributed by atoms with E-state index in [-0.39, 0.29) is 32.0 Å². The van der Waals surface area contributed by atoms with E-state index in [4.69, 9.17) is 18.5 Å². The highest BCUT2D eigenvalue weighted by atomic mass is 31.2. The van der Waals surface area contributed by atoms with Crippen molar-refractivity contribution in [3.63, 3.8) is 0 Å². The number of hydrogen-bond donors (Lipinski definition) is 0. The average Bonchev–Trinajstić information content (AvgIpc) is 1.56. The monoisotopic (exact) mass is 1340 g/mol. The van der Waals surface area contributed by atoms with Crippen LogP contribution in [0.1, 0.15) is 399 Å². The third kappa shape index (κ3) is 78.4. The van der Waals surface area contributed by atoms with Crippen LogP contribution in [-0.2, 0) is 32.7 Å². The van der Waals surface area contributed by atoms with Crippen molar-refractivity contribution in [3.05, 3.63) is 72.9 Å². The maximum absolute atomic E-state index is 12.9. The molecule has 0 fully saturated rings. The summed E-state index contributed by atoms with van der Waals surface area (Å²) >= 11 is 0. The van der Waals surface area contributed by atoms with Gasteiger partial charge in [-0.05, 0) is 83.5 Å². The van der Waals surface area contributed by atoms with Crippen LogP contribution in [0.3, 0.4) is 0 Å². The minimum absolute atomic E-state index is 0.0291. The van der Waals surface area contributed by atoms with E-state index in [1.165, 1.54) is 302 Å². The van der Waals surface area contributed by atoms with Crippen molar-refractivity contribution < 1.29 is 42.1 Å². The number of carbonyl (C=O) groups is 2. The van der Waals surface area contributed by atoms with Gasteiger partial charge in [0, 0.05) is 12.8 Å². The molecular formula is C84H156NO8P. The van der Waals surface area contributed by atoms with Crippen molar-refractivity contribution in [2.24, 2.45) is 0 Å². The highest BCUT2D eigenvalue weighted by Gasteiger charge is 2.22. The summed E-state index contributed by atoms with van der Waals surface area (Å²) in [5.41, 5.74) is 0. The molecule has 0 amide bonds. The second-order valence-electron chi connectivity index (χ2n) is 28.8. The van der Waals surface area contributed by atoms with Gasteiger partial charge in [0.2, 0.25) is 0 Å². The quantitative estimate of drug-likeness (QED) is 0.0195. The Morgan fingerprint density at radius 2 is 0.606 bits per heavy atom. The first-order valence-corrected chi connectivity index (χ1v) is 42.1. The lowest BCUT2D eigenvalue weighted by Gasteiger charge is -2.28. The fourth-order valence-corrected chi connectivity index (χ4v) is 12.8. The molecule has 9 nitrogen and oxygen atoms in total. The van der Waals surface area contributed by atoms with Gasteiger partial charge in [0.05, 0.1) is 27.7 Å². The van der Waals surface area contributed by atoms with Crippen molar-refractivity contribution in [1.29, 1.82) is 0 Å². The minimum Gasteiger partial charge on any atom is -0.756 e. The van der Waals surface area contributed by atoms with Crippen molar-refractivity contribution in [2.45, 2.75) is 405 Å². The molecule has 0 aliphatic heterocycles. The number of ether oxygens (including phenoxy) is 2. The van der Waals surface area contributed by atoms with Crippen LogP contribution in [0.5, 0.6) is 0 Å². The predicted molar refractivity (Wildman–Crippen MR) is 406 cm³/mol. The molecule has 0 aromatic carbocycles. The molecule has 10 heteroatoms. The fraction of sp³-hybridized carbons (Fsp3) is 0.833. The highest BCUT2D eigenvalue weighted by Crippen LogP contribution is 2.38. The third-order valence-corrected chi connectivity index (χ3v) is 19.2. The minimum atomic E-state index is -4.65. The lowest BCUT2D eigenvalue weighted by molar-refractivity contribution is -0.870. The van der Waals surface area contributed by atoms with Crippen LogP contribution >= 0.6 is 7.82 Å². The molecule has 0 rings (SSSR count). The molecular weight excluding hydrogens is 1180 g/mol. The van der Waals surface area contributed by atoms with Crippen molar-refractivity contribution in [2.75, 3.05) is 47.5 Å². The summed E-state index contributed by atoms with van der Waals surface area (Å²) in [5, 5.41) is 0. The van der Waals surface area contributed by atoms with E-state index < -0.39 is 26.5 Å². The number of phosphoric ester groups is 1. The second kappa shape index (κ2) is 74.7. The lowest BCUT2D eigenvalue weighted by Crippen LogP contribution is -2.37. The predicted octanol–water partition coefficient (Wildman–Crippen LogP) is 26.4. The molecule has 0 saturated heterocycles. The summed E-state index contributed by atoms with van der Waals surface area (Å²) in [4.78, 5) is 38.2. The Bertz CT molecular complexity index is 1820. The summed E-state index contributed by atoms with van der Waals surface area (Å²) in [7, 11) is 1.19. The fourth-order valence-electron chi connectivity index (χ4n) is 12.0. The maximum Gasteiger partial charge on any atom is 0.306 e. The van der Waals surface area contributed by atoms with Crippen LogP contribution < -0.4 is 4.89 Å². The molecule has 2 atom stereocenters. The summed E-state index contributed by atoms with van der Waals surface area (Å²) in [5.74, 6) is -0.811. The Kier molecular flexibility index (Phi) is 72.6. The second-order valence-corrected chi connectivity index (χ2v) is 30.2. The number of quaternary nitrogens is 1. The zero-order valence-corrected chi connectivity index (χ0v) is 63.8. The Morgan fingerprint density at radius 3 is 0.904 bits per heavy atom. The van der Waals surface area contributed by atoms with E-state index in [2.05, 4.69) is 86.8 Å². The first-order valence-electron chi connectivity index (χ1n) is 40.6. The summed E-state index contributed by atoms with van der Waals surface area (Å²) in [6.45, 7) is 4.18. The first kappa shape index (κ1) is 91.4. The summed E-state index contributed by atoms with van der Waals surface area (Å²) in [6.07, 6.45) is 102. The normalized spacial score (nSPS) is 13.4. The molecule has 550 valence electrons. The highest BCUT2D eigenvalue weighted by molar-refractivity contribution is 7.45. The zero-order valence-electron chi connectivity index (χ0n) is 62.9. The van der Waals surface area contributed by atoms with E-state index in [9.17, 15) is 19.0 Å². The van der Waals surface area contributed by atoms with Gasteiger partial charge in [-0.2, -0.15) is 0 Å². The molecule has 0 N–H and O–H groups in total. The smallest absolute Gasteiger partial charge is 0.306 e. The van der Waals surface area contributed by atoms with Gasteiger partial charge in [-0.15, -0.1) is 0 Å². The van der Waals surface area contributed by atoms with Gasteiger partial charge in [0.1, 0.15) is 19.8 Å². The van der Waals surface area contributed by atoms with Gasteiger partial charge in [-0.3, -0.25) is 14.2 Å². The number of phosphoric acid groups is 1. The standard InChI is InChI=1S/C84H156NO8P/c1-6-8-10-12-14-16-18-20-22-24-26-28-30-32-34-36-38-40-41-42-43-45-46-48-50-52-54-56-58-60-62-64-66-68-70-72-74-76-83(86)90-80-82(81-92-94(88,89)91-79-78-85(3,4)5)93-84(87)77-75-73-71-69-67-65-63-61-59-57-55-53-51-49-47-44-39-37-35-33-31-29-27-25-23-21-19-17-15-13-11-9-7-2/h9,11,15,17-18,20-21,23-24,26-27,29,82H,6-8,10,12-14,16,19,22,25,28,30-81H2,1-5H3/b11-9-,17-15-,20-18-,23-21-,26-24-,29-27-. The van der Waals surface area contributed by atoms with Gasteiger partial charge < -0.3 is 27.9 Å². The van der Waals surface area contributed by atoms with Crippen LogP contribution in [0.2, 0.25) is 0 Å². The number of nitrogens with zero attached hydrogens (tertiary/aromatic N) is 1. The molecule has 0 radical (unpaired) electrons. The Hall–Kier alpha value is -2.55. The molecule has 0 bridgehead atoms. The van der Waals surface area contributed by atoms with Gasteiger partial charge in [-0.1, -0.05) is 376 Å². The van der Waals surface area contributed by atoms with E-state index in [0.717, 1.165) is 64.2 Å². The van der Waals surface area contributed by atoms with Crippen LogP contribution in [-0.4, -0.2) is 70.0 Å². The first-order chi connectivity index (χ1) is 46.0. The van der Waals surface area contributed by atoms with E-state index in [0.29, 0.717) is 17.4 Å². The SMILES string of the molecule is CC/C=C\C/C=C\C/C=C\C/C=C\CCCCCCCCCCCCCCCCCCCCCCC(=O)OC(COC(=O)CCCCCCCCCCCCCCCCCCCCCCCCCCC/C=C\C/C=C\CCCCCCC)COP(=O)([O-])OCC[N+](C)(C)C. The number of hydrogen-bond acceptors (Lipinski definition) is 8. The molecule has 0 aromatic rings. The van der Waals surface area contributed by atoms with Crippen molar-refractivity contribution in [1.82, 2.24) is 0 Å². The molecule has 0 aliphatic carbocycles. The molecule has 94 heavy (non-hydrogen) atoms. The number of unbranched alkanes of at least 4 members (excludes halogenated alkanes) is 50. The Labute approximate surface area is 584 Å². The summed E-state index contributed by atoms with van der Waals surface area (Å²) in [6, 6.07) is 0. The van der Waals surface area contributed by atoms with Gasteiger partial charge in [-0.25, -0.2) is 0 Å². The lowest BCUT2D eigenvalue weighted by atomic mass is 10.0. The molecule has 0 aliphatic rings. The molecule has 0 spiro atoms. The zero-order chi connectivity index (χ0) is 68.3. The molecule has 0 aromatic heterocycles. The summed E-state index contributed by atoms with van der Waals surface area (Å²) < 4.78 is 34.4. The van der Waals surface area contributed by atoms with E-state index in [1.54, 1.807) is 0 Å². The van der Waals surface area contributed by atoms with Crippen LogP contribution in [0.15, 0.2) is 72.9 Å². The molecule has 0 heterocycles. The van der Waals surface area contributed by atoms with Crippen molar-refractivity contribution >= 4 is 19.8 Å². The average molecular weight is 1340 g/mol. The van der Waals surface area contributed by atoms with E-state index >= 15 is 0 Å². The van der Waals surface area contributed by atoms with Crippen LogP contribution in [0, 0.1) is 0 Å². The maximum atomic E-state index is 12.9. The third-order valence-electron chi connectivity index (χ3n) is 18.2. The number of carbonyl (C=O) groups excluding carboxylic acids is 2. The number of likely N-dealkylation sites (N-methyl/N-ethyl adjacent to an activating group) is 1. The number of rotatable bonds is 76. The van der Waals surface area contributed by atoms with Crippen LogP contribution in [0.25, 0.3) is 0 Å². The van der Waals surface area contributed by atoms with E-state index in [1.807, 2.05) is 21.1 Å². The topological polar surface area (TPSA) is 111 Å². The molecule has 2 unspecified atom stereocenters. The van der Waals surface area contributed by atoms with Gasteiger partial charge in [0.15, 0.2) is 6.10 Å². The number of esters is 2. The Morgan fingerprint density at radius 1 is 0.340 bits per heavy atom. The number of allylic oxidation sites excluding steroid dienone is 12.